The Hall–Kier alpha value is -1.95. The Morgan fingerprint density at radius 3 is 2.72 bits per heavy atom. The molecular formula is C12H9BrN2O3. The Balaban J connectivity index is 2.34. The summed E-state index contributed by atoms with van der Waals surface area (Å²) in [6.07, 6.45) is 2.99. The van der Waals surface area contributed by atoms with E-state index in [0.717, 1.165) is 5.69 Å². The van der Waals surface area contributed by atoms with Crippen molar-refractivity contribution in [1.29, 1.82) is 0 Å². The number of ether oxygens (including phenoxy) is 1. The molecule has 2 heterocycles. The number of rotatable bonds is 3. The van der Waals surface area contributed by atoms with Gasteiger partial charge >= 0.3 is 5.97 Å². The number of carbonyl (C=O) groups is 1. The summed E-state index contributed by atoms with van der Waals surface area (Å²) in [4.78, 5) is 19.1. The number of pyridine rings is 2. The second kappa shape index (κ2) is 5.14. The van der Waals surface area contributed by atoms with Crippen LogP contribution >= 0.6 is 15.9 Å². The van der Waals surface area contributed by atoms with Gasteiger partial charge in [0.1, 0.15) is 11.3 Å². The number of carboxylic acid groups (broad SMARTS) is 1. The van der Waals surface area contributed by atoms with Crippen LogP contribution in [0.25, 0.3) is 0 Å². The lowest BCUT2D eigenvalue weighted by Crippen LogP contribution is -2.02. The van der Waals surface area contributed by atoms with Crippen LogP contribution in [-0.2, 0) is 0 Å². The molecule has 0 bridgehead atoms. The number of carboxylic acids is 1. The second-order valence-electron chi connectivity index (χ2n) is 3.55. The first-order chi connectivity index (χ1) is 8.56. The summed E-state index contributed by atoms with van der Waals surface area (Å²) in [5, 5.41) is 9.06. The third-order valence-electron chi connectivity index (χ3n) is 2.15. The van der Waals surface area contributed by atoms with Gasteiger partial charge in [-0.1, -0.05) is 0 Å². The number of nitrogens with zero attached hydrogens (tertiary/aromatic N) is 2. The van der Waals surface area contributed by atoms with Crippen molar-refractivity contribution in [1.82, 2.24) is 9.97 Å². The fourth-order valence-electron chi connectivity index (χ4n) is 1.29. The maximum absolute atomic E-state index is 11.1. The van der Waals surface area contributed by atoms with Gasteiger partial charge in [0.15, 0.2) is 0 Å². The van der Waals surface area contributed by atoms with E-state index in [0.29, 0.717) is 10.2 Å². The minimum absolute atomic E-state index is 0.00931. The average Bonchev–Trinajstić information content (AvgIpc) is 2.34. The summed E-state index contributed by atoms with van der Waals surface area (Å²) in [5.41, 5.74) is 0.842. The molecular weight excluding hydrogens is 300 g/mol. The van der Waals surface area contributed by atoms with Crippen molar-refractivity contribution >= 4 is 21.9 Å². The van der Waals surface area contributed by atoms with Crippen molar-refractivity contribution in [2.24, 2.45) is 0 Å². The van der Waals surface area contributed by atoms with Crippen LogP contribution in [0, 0.1) is 6.92 Å². The molecule has 18 heavy (non-hydrogen) atoms. The predicted octanol–water partition coefficient (Wildman–Crippen LogP) is 3.04. The summed E-state index contributed by atoms with van der Waals surface area (Å²) in [5.74, 6) is -0.617. The Bertz CT molecular complexity index is 584. The molecule has 0 saturated heterocycles. The van der Waals surface area contributed by atoms with E-state index in [9.17, 15) is 4.79 Å². The number of hydrogen-bond acceptors (Lipinski definition) is 4. The van der Waals surface area contributed by atoms with Crippen LogP contribution in [0.15, 0.2) is 35.1 Å². The van der Waals surface area contributed by atoms with Crippen LogP contribution in [-0.4, -0.2) is 21.0 Å². The SMILES string of the molecule is Cc1ccc(Oc2ncc(Br)cc2C(=O)O)cn1. The van der Waals surface area contributed by atoms with Gasteiger partial charge < -0.3 is 9.84 Å². The smallest absolute Gasteiger partial charge is 0.341 e. The number of hydrogen-bond donors (Lipinski definition) is 1. The summed E-state index contributed by atoms with van der Waals surface area (Å²) in [6.45, 7) is 1.85. The van der Waals surface area contributed by atoms with E-state index in [2.05, 4.69) is 25.9 Å². The van der Waals surface area contributed by atoms with Gasteiger partial charge in [-0.15, -0.1) is 0 Å². The van der Waals surface area contributed by atoms with Crippen LogP contribution in [0.3, 0.4) is 0 Å². The molecule has 0 fully saturated rings. The minimum Gasteiger partial charge on any atom is -0.477 e. The topological polar surface area (TPSA) is 72.3 Å². The van der Waals surface area contributed by atoms with Crippen molar-refractivity contribution in [2.45, 2.75) is 6.92 Å². The summed E-state index contributed by atoms with van der Waals surface area (Å²) in [6, 6.07) is 4.92. The monoisotopic (exact) mass is 308 g/mol. The Morgan fingerprint density at radius 2 is 2.11 bits per heavy atom. The third-order valence-corrected chi connectivity index (χ3v) is 2.58. The van der Waals surface area contributed by atoms with E-state index >= 15 is 0 Å². The van der Waals surface area contributed by atoms with E-state index in [4.69, 9.17) is 9.84 Å². The van der Waals surface area contributed by atoms with E-state index in [1.54, 1.807) is 12.1 Å². The number of aromatic carboxylic acids is 1. The maximum atomic E-state index is 11.1. The lowest BCUT2D eigenvalue weighted by molar-refractivity contribution is 0.0693. The molecule has 2 rings (SSSR count). The van der Waals surface area contributed by atoms with Crippen molar-refractivity contribution in [3.8, 4) is 11.6 Å². The molecule has 0 aliphatic carbocycles. The molecule has 0 aliphatic rings. The van der Waals surface area contributed by atoms with Gasteiger partial charge in [0.05, 0.1) is 6.20 Å². The molecule has 92 valence electrons. The zero-order valence-electron chi connectivity index (χ0n) is 9.42. The van der Waals surface area contributed by atoms with Gasteiger partial charge in [0, 0.05) is 16.4 Å². The Morgan fingerprint density at radius 1 is 1.33 bits per heavy atom. The molecule has 1 N–H and O–H groups in total. The molecule has 2 aromatic heterocycles. The minimum atomic E-state index is -1.10. The van der Waals surface area contributed by atoms with Crippen LogP contribution in [0.5, 0.6) is 11.6 Å². The van der Waals surface area contributed by atoms with Crippen molar-refractivity contribution in [3.63, 3.8) is 0 Å². The lowest BCUT2D eigenvalue weighted by atomic mass is 10.3. The summed E-state index contributed by atoms with van der Waals surface area (Å²) >= 11 is 3.17. The largest absolute Gasteiger partial charge is 0.477 e. The van der Waals surface area contributed by atoms with Crippen molar-refractivity contribution < 1.29 is 14.6 Å². The zero-order chi connectivity index (χ0) is 13.1. The van der Waals surface area contributed by atoms with E-state index < -0.39 is 5.97 Å². The lowest BCUT2D eigenvalue weighted by Gasteiger charge is -2.07. The van der Waals surface area contributed by atoms with Gasteiger partial charge in [-0.2, -0.15) is 0 Å². The maximum Gasteiger partial charge on any atom is 0.341 e. The summed E-state index contributed by atoms with van der Waals surface area (Å²) < 4.78 is 5.98. The average molecular weight is 309 g/mol. The fourth-order valence-corrected chi connectivity index (χ4v) is 1.62. The molecule has 0 saturated carbocycles. The standard InChI is InChI=1S/C12H9BrN2O3/c1-7-2-3-9(6-14-7)18-11-10(12(16)17)4-8(13)5-15-11/h2-6H,1H3,(H,16,17). The van der Waals surface area contributed by atoms with E-state index in [-0.39, 0.29) is 11.4 Å². The van der Waals surface area contributed by atoms with Crippen LogP contribution in [0.2, 0.25) is 0 Å². The number of aryl methyl sites for hydroxylation is 1. The molecule has 0 amide bonds. The highest BCUT2D eigenvalue weighted by molar-refractivity contribution is 9.10. The molecule has 2 aromatic rings. The van der Waals surface area contributed by atoms with Crippen LogP contribution in [0.1, 0.15) is 16.1 Å². The molecule has 5 nitrogen and oxygen atoms in total. The first kappa shape index (κ1) is 12.5. The molecule has 0 radical (unpaired) electrons. The number of halogens is 1. The quantitative estimate of drug-likeness (QED) is 0.943. The second-order valence-corrected chi connectivity index (χ2v) is 4.46. The van der Waals surface area contributed by atoms with Gasteiger partial charge in [0.2, 0.25) is 5.88 Å². The van der Waals surface area contributed by atoms with E-state index in [1.807, 2.05) is 6.92 Å². The van der Waals surface area contributed by atoms with Gasteiger partial charge in [0.25, 0.3) is 0 Å². The van der Waals surface area contributed by atoms with E-state index in [1.165, 1.54) is 18.5 Å². The van der Waals surface area contributed by atoms with Gasteiger partial charge in [-0.3, -0.25) is 4.98 Å². The zero-order valence-corrected chi connectivity index (χ0v) is 11.0. The third kappa shape index (κ3) is 2.84. The molecule has 0 aliphatic heterocycles. The fraction of sp³-hybridized carbons (Fsp3) is 0.0833. The Kier molecular flexibility index (Phi) is 3.57. The normalized spacial score (nSPS) is 10.1. The first-order valence-electron chi connectivity index (χ1n) is 5.05. The molecule has 0 spiro atoms. The Labute approximate surface area is 112 Å². The molecule has 0 unspecified atom stereocenters. The predicted molar refractivity (Wildman–Crippen MR) is 67.9 cm³/mol. The van der Waals surface area contributed by atoms with Crippen molar-refractivity contribution in [3.05, 3.63) is 46.3 Å². The molecule has 0 atom stereocenters. The highest BCUT2D eigenvalue weighted by atomic mass is 79.9. The number of aromatic nitrogens is 2. The van der Waals surface area contributed by atoms with Crippen LogP contribution < -0.4 is 4.74 Å². The summed E-state index contributed by atoms with van der Waals surface area (Å²) in [7, 11) is 0. The van der Waals surface area contributed by atoms with Crippen LogP contribution in [0.4, 0.5) is 0 Å². The first-order valence-corrected chi connectivity index (χ1v) is 5.85. The van der Waals surface area contributed by atoms with Gasteiger partial charge in [-0.05, 0) is 41.1 Å². The van der Waals surface area contributed by atoms with Gasteiger partial charge in [-0.25, -0.2) is 9.78 Å². The molecule has 0 aromatic carbocycles. The highest BCUT2D eigenvalue weighted by Crippen LogP contribution is 2.25. The highest BCUT2D eigenvalue weighted by Gasteiger charge is 2.14. The van der Waals surface area contributed by atoms with Crippen molar-refractivity contribution in [2.75, 3.05) is 0 Å². The molecule has 6 heteroatoms.